The third kappa shape index (κ3) is 5.91. The summed E-state index contributed by atoms with van der Waals surface area (Å²) >= 11 is 1.91. The van der Waals surface area contributed by atoms with Gasteiger partial charge in [-0.1, -0.05) is 0 Å². The van der Waals surface area contributed by atoms with Gasteiger partial charge in [-0.25, -0.2) is 27.7 Å². The standard InChI is InChI=1S/C20H16F3IN4O4S/c1-25-33(31,32)28-19-18(23)10(4-5-26-19)6-11-7-13(20(29)30)17(9-14(11)21)27-16-3-2-12(24)8-15(16)22/h2-5,7-9,25,27H,6H2,1H3,(H,26,28)(H,29,30). The van der Waals surface area contributed by atoms with E-state index in [1.54, 1.807) is 6.07 Å². The summed E-state index contributed by atoms with van der Waals surface area (Å²) in [5.74, 6) is -4.59. The molecule has 0 fully saturated rings. The molecular formula is C20H16F3IN4O4S. The molecule has 33 heavy (non-hydrogen) atoms. The predicted molar refractivity (Wildman–Crippen MR) is 124 cm³/mol. The molecule has 0 aliphatic carbocycles. The van der Waals surface area contributed by atoms with Crippen LogP contribution in [0.25, 0.3) is 0 Å². The molecule has 0 atom stereocenters. The highest BCUT2D eigenvalue weighted by Gasteiger charge is 2.20. The number of nitrogens with one attached hydrogen (secondary N) is 3. The number of rotatable bonds is 8. The van der Waals surface area contributed by atoms with E-state index in [1.165, 1.54) is 18.2 Å². The van der Waals surface area contributed by atoms with E-state index in [4.69, 9.17) is 0 Å². The van der Waals surface area contributed by atoms with Gasteiger partial charge < -0.3 is 10.4 Å². The first-order valence-corrected chi connectivity index (χ1v) is 11.7. The van der Waals surface area contributed by atoms with Crippen LogP contribution < -0.4 is 14.8 Å². The molecule has 3 rings (SSSR count). The Kier molecular flexibility index (Phi) is 7.44. The Morgan fingerprint density at radius 3 is 2.42 bits per heavy atom. The van der Waals surface area contributed by atoms with E-state index in [9.17, 15) is 31.5 Å². The average molecular weight is 592 g/mol. The summed E-state index contributed by atoms with van der Waals surface area (Å²) in [6, 6.07) is 7.28. The van der Waals surface area contributed by atoms with Crippen molar-refractivity contribution in [3.05, 3.63) is 80.3 Å². The summed E-state index contributed by atoms with van der Waals surface area (Å²) < 4.78 is 71.4. The number of carboxylic acid groups (broad SMARTS) is 1. The minimum absolute atomic E-state index is 0.0493. The van der Waals surface area contributed by atoms with Crippen LogP contribution >= 0.6 is 22.6 Å². The molecule has 3 aromatic rings. The maximum Gasteiger partial charge on any atom is 0.337 e. The number of carbonyl (C=O) groups is 1. The molecule has 0 aliphatic heterocycles. The lowest BCUT2D eigenvalue weighted by atomic mass is 10.0. The van der Waals surface area contributed by atoms with Crippen molar-refractivity contribution < 1.29 is 31.5 Å². The zero-order valence-corrected chi connectivity index (χ0v) is 19.8. The van der Waals surface area contributed by atoms with Gasteiger partial charge in [0.15, 0.2) is 11.6 Å². The lowest BCUT2D eigenvalue weighted by Crippen LogP contribution is -2.27. The van der Waals surface area contributed by atoms with Gasteiger partial charge in [-0.05, 0) is 70.1 Å². The SMILES string of the molecule is CNS(=O)(=O)Nc1nccc(Cc2cc(C(=O)O)c(Nc3ccc(I)cc3F)cc2F)c1F. The molecule has 8 nitrogen and oxygen atoms in total. The minimum atomic E-state index is -4.05. The molecule has 0 spiro atoms. The maximum absolute atomic E-state index is 14.8. The molecular weight excluding hydrogens is 576 g/mol. The molecule has 0 bridgehead atoms. The molecule has 1 aromatic heterocycles. The highest BCUT2D eigenvalue weighted by atomic mass is 127. The van der Waals surface area contributed by atoms with Gasteiger partial charge >= 0.3 is 5.97 Å². The fourth-order valence-corrected chi connectivity index (χ4v) is 3.80. The summed E-state index contributed by atoms with van der Waals surface area (Å²) in [6.45, 7) is 0. The van der Waals surface area contributed by atoms with Gasteiger partial charge in [0.25, 0.3) is 10.2 Å². The van der Waals surface area contributed by atoms with Gasteiger partial charge in [0.05, 0.1) is 16.9 Å². The largest absolute Gasteiger partial charge is 0.478 e. The van der Waals surface area contributed by atoms with Crippen molar-refractivity contribution in [2.75, 3.05) is 17.1 Å². The van der Waals surface area contributed by atoms with Crippen LogP contribution in [-0.4, -0.2) is 31.5 Å². The van der Waals surface area contributed by atoms with Crippen molar-refractivity contribution in [2.45, 2.75) is 6.42 Å². The smallest absolute Gasteiger partial charge is 0.337 e. The topological polar surface area (TPSA) is 120 Å². The maximum atomic E-state index is 14.8. The first kappa shape index (κ1) is 24.7. The minimum Gasteiger partial charge on any atom is -0.478 e. The van der Waals surface area contributed by atoms with E-state index in [0.29, 0.717) is 3.57 Å². The lowest BCUT2D eigenvalue weighted by Gasteiger charge is -2.14. The van der Waals surface area contributed by atoms with Gasteiger partial charge in [-0.2, -0.15) is 8.42 Å². The van der Waals surface area contributed by atoms with Crippen molar-refractivity contribution in [1.29, 1.82) is 0 Å². The van der Waals surface area contributed by atoms with Crippen LogP contribution in [-0.2, 0) is 16.6 Å². The average Bonchev–Trinajstić information content (AvgIpc) is 2.74. The van der Waals surface area contributed by atoms with Crippen LogP contribution in [0.3, 0.4) is 0 Å². The molecule has 0 aliphatic rings. The number of halogens is 4. The first-order valence-electron chi connectivity index (χ1n) is 9.13. The van der Waals surface area contributed by atoms with Crippen LogP contribution in [0.5, 0.6) is 0 Å². The highest BCUT2D eigenvalue weighted by molar-refractivity contribution is 14.1. The monoisotopic (exact) mass is 592 g/mol. The number of hydrogen-bond acceptors (Lipinski definition) is 5. The molecule has 0 amide bonds. The number of anilines is 3. The Labute approximate surface area is 200 Å². The Hall–Kier alpha value is -2.91. The second kappa shape index (κ2) is 9.93. The highest BCUT2D eigenvalue weighted by Crippen LogP contribution is 2.29. The number of nitrogens with zero attached hydrogens (tertiary/aromatic N) is 1. The molecule has 0 saturated heterocycles. The van der Waals surface area contributed by atoms with Gasteiger partial charge in [-0.15, -0.1) is 0 Å². The number of benzene rings is 2. The van der Waals surface area contributed by atoms with Crippen molar-refractivity contribution >= 4 is 56.0 Å². The fraction of sp³-hybridized carbons (Fsp3) is 0.100. The first-order chi connectivity index (χ1) is 15.5. The van der Waals surface area contributed by atoms with Crippen molar-refractivity contribution in [3.8, 4) is 0 Å². The van der Waals surface area contributed by atoms with Crippen molar-refractivity contribution in [2.24, 2.45) is 0 Å². The quantitative estimate of drug-likeness (QED) is 0.294. The summed E-state index contributed by atoms with van der Waals surface area (Å²) in [5, 5.41) is 12.1. The van der Waals surface area contributed by atoms with E-state index < -0.39 is 45.9 Å². The molecule has 0 saturated carbocycles. The van der Waals surface area contributed by atoms with E-state index >= 15 is 0 Å². The van der Waals surface area contributed by atoms with Crippen LogP contribution in [0, 0.1) is 21.0 Å². The van der Waals surface area contributed by atoms with E-state index in [-0.39, 0.29) is 28.1 Å². The summed E-state index contributed by atoms with van der Waals surface area (Å²) in [6.07, 6.45) is 0.727. The van der Waals surface area contributed by atoms with Gasteiger partial charge in [0.2, 0.25) is 0 Å². The van der Waals surface area contributed by atoms with Crippen LogP contribution in [0.15, 0.2) is 42.6 Å². The van der Waals surface area contributed by atoms with Crippen molar-refractivity contribution in [1.82, 2.24) is 9.71 Å². The van der Waals surface area contributed by atoms with E-state index in [0.717, 1.165) is 25.4 Å². The zero-order valence-electron chi connectivity index (χ0n) is 16.8. The number of aromatic nitrogens is 1. The number of pyridine rings is 1. The van der Waals surface area contributed by atoms with E-state index in [1.807, 2.05) is 32.0 Å². The molecule has 1 heterocycles. The van der Waals surface area contributed by atoms with Gasteiger partial charge in [0.1, 0.15) is 11.6 Å². The summed E-state index contributed by atoms with van der Waals surface area (Å²) in [4.78, 5) is 15.4. The Balaban J connectivity index is 1.97. The van der Waals surface area contributed by atoms with Crippen LogP contribution in [0.1, 0.15) is 21.5 Å². The fourth-order valence-electron chi connectivity index (χ4n) is 2.84. The number of carboxylic acids is 1. The molecule has 13 heteroatoms. The van der Waals surface area contributed by atoms with E-state index in [2.05, 4.69) is 10.3 Å². The third-order valence-electron chi connectivity index (χ3n) is 4.47. The molecule has 0 unspecified atom stereocenters. The number of hydrogen-bond donors (Lipinski definition) is 4. The van der Waals surface area contributed by atoms with Crippen molar-refractivity contribution in [3.63, 3.8) is 0 Å². The zero-order chi connectivity index (χ0) is 24.3. The molecule has 174 valence electrons. The molecule has 2 aromatic carbocycles. The summed E-state index contributed by atoms with van der Waals surface area (Å²) in [5.41, 5.74) is -0.907. The Morgan fingerprint density at radius 2 is 1.79 bits per heavy atom. The predicted octanol–water partition coefficient (Wildman–Crippen LogP) is 4.01. The Morgan fingerprint density at radius 1 is 1.06 bits per heavy atom. The van der Waals surface area contributed by atoms with Crippen LogP contribution in [0.4, 0.5) is 30.4 Å². The van der Waals surface area contributed by atoms with Crippen LogP contribution in [0.2, 0.25) is 0 Å². The van der Waals surface area contributed by atoms with Gasteiger partial charge in [0, 0.05) is 23.2 Å². The normalized spacial score (nSPS) is 11.3. The Bertz CT molecular complexity index is 1340. The van der Waals surface area contributed by atoms with Gasteiger partial charge in [-0.3, -0.25) is 4.72 Å². The third-order valence-corrected chi connectivity index (χ3v) is 6.14. The molecule has 0 radical (unpaired) electrons. The number of aromatic carboxylic acids is 1. The molecule has 4 N–H and O–H groups in total. The second-order valence-electron chi connectivity index (χ2n) is 6.66. The lowest BCUT2D eigenvalue weighted by molar-refractivity contribution is 0.0697. The second-order valence-corrected chi connectivity index (χ2v) is 9.53. The summed E-state index contributed by atoms with van der Waals surface area (Å²) in [7, 11) is -2.93.